The third kappa shape index (κ3) is 11.9. The predicted octanol–water partition coefficient (Wildman–Crippen LogP) is 8.01. The van der Waals surface area contributed by atoms with Crippen molar-refractivity contribution in [3.8, 4) is 0 Å². The lowest BCUT2D eigenvalue weighted by molar-refractivity contribution is -0.704. The third-order valence-electron chi connectivity index (χ3n) is 6.07. The SMILES string of the molecule is CCCCCCCCCCCC[n+]1ccn(CCCCCCCC)c1CCC. The van der Waals surface area contributed by atoms with Crippen LogP contribution in [0.1, 0.15) is 136 Å². The number of imidazole rings is 1. The Labute approximate surface area is 177 Å². The fourth-order valence-electron chi connectivity index (χ4n) is 4.25. The fourth-order valence-corrected chi connectivity index (χ4v) is 4.25. The van der Waals surface area contributed by atoms with Gasteiger partial charge >= 0.3 is 0 Å². The van der Waals surface area contributed by atoms with Crippen molar-refractivity contribution < 1.29 is 4.57 Å². The second-order valence-electron chi connectivity index (χ2n) is 8.80. The maximum atomic E-state index is 2.55. The summed E-state index contributed by atoms with van der Waals surface area (Å²) in [5.41, 5.74) is 0. The molecule has 0 aliphatic rings. The molecule has 2 heteroatoms. The van der Waals surface area contributed by atoms with E-state index >= 15 is 0 Å². The zero-order valence-electron chi connectivity index (χ0n) is 19.7. The molecule has 0 aliphatic heterocycles. The van der Waals surface area contributed by atoms with Gasteiger partial charge in [-0.05, 0) is 32.1 Å². The number of rotatable bonds is 20. The van der Waals surface area contributed by atoms with E-state index in [9.17, 15) is 0 Å². The van der Waals surface area contributed by atoms with Crippen molar-refractivity contribution in [3.63, 3.8) is 0 Å². The summed E-state index contributed by atoms with van der Waals surface area (Å²) in [6.07, 6.45) is 29.7. The average molecular weight is 392 g/mol. The van der Waals surface area contributed by atoms with Crippen molar-refractivity contribution in [1.29, 1.82) is 0 Å². The van der Waals surface area contributed by atoms with Gasteiger partial charge in [0.15, 0.2) is 0 Å². The zero-order valence-corrected chi connectivity index (χ0v) is 19.7. The van der Waals surface area contributed by atoms with Gasteiger partial charge in [-0.1, -0.05) is 97.8 Å². The maximum Gasteiger partial charge on any atom is 0.256 e. The minimum absolute atomic E-state index is 1.21. The zero-order chi connectivity index (χ0) is 20.3. The molecule has 0 aliphatic carbocycles. The van der Waals surface area contributed by atoms with Crippen molar-refractivity contribution >= 4 is 0 Å². The van der Waals surface area contributed by atoms with Crippen LogP contribution >= 0.6 is 0 Å². The van der Waals surface area contributed by atoms with E-state index < -0.39 is 0 Å². The van der Waals surface area contributed by atoms with Gasteiger partial charge in [-0.25, -0.2) is 9.13 Å². The van der Waals surface area contributed by atoms with E-state index in [4.69, 9.17) is 0 Å². The predicted molar refractivity (Wildman–Crippen MR) is 124 cm³/mol. The number of hydrogen-bond acceptors (Lipinski definition) is 0. The molecular formula is C26H51N2+. The molecule has 28 heavy (non-hydrogen) atoms. The molecule has 1 aromatic heterocycles. The molecule has 0 saturated heterocycles. The lowest BCUT2D eigenvalue weighted by Gasteiger charge is -2.05. The summed E-state index contributed by atoms with van der Waals surface area (Å²) in [6.45, 7) is 9.34. The Kier molecular flexibility index (Phi) is 16.5. The third-order valence-corrected chi connectivity index (χ3v) is 6.07. The highest BCUT2D eigenvalue weighted by molar-refractivity contribution is 4.84. The first kappa shape index (κ1) is 25.2. The van der Waals surface area contributed by atoms with E-state index in [1.807, 2.05) is 0 Å². The van der Waals surface area contributed by atoms with Gasteiger partial charge in [-0.2, -0.15) is 0 Å². The first-order valence-corrected chi connectivity index (χ1v) is 12.9. The molecule has 0 saturated carbocycles. The van der Waals surface area contributed by atoms with Crippen molar-refractivity contribution in [2.24, 2.45) is 0 Å². The first-order valence-electron chi connectivity index (χ1n) is 12.9. The van der Waals surface area contributed by atoms with Gasteiger partial charge in [0.05, 0.1) is 13.1 Å². The summed E-state index contributed by atoms with van der Waals surface area (Å²) >= 11 is 0. The quantitative estimate of drug-likeness (QED) is 0.157. The molecule has 2 nitrogen and oxygen atoms in total. The second kappa shape index (κ2) is 18.3. The topological polar surface area (TPSA) is 8.81 Å². The Morgan fingerprint density at radius 2 is 1.11 bits per heavy atom. The van der Waals surface area contributed by atoms with Crippen molar-refractivity contribution in [2.75, 3.05) is 0 Å². The van der Waals surface area contributed by atoms with Gasteiger partial charge < -0.3 is 0 Å². The number of nitrogens with zero attached hydrogens (tertiary/aromatic N) is 2. The van der Waals surface area contributed by atoms with Crippen LogP contribution < -0.4 is 4.57 Å². The van der Waals surface area contributed by atoms with Crippen molar-refractivity contribution in [1.82, 2.24) is 4.57 Å². The molecule has 0 bridgehead atoms. The average Bonchev–Trinajstić information content (AvgIpc) is 3.08. The fraction of sp³-hybridized carbons (Fsp3) is 0.885. The molecule has 0 radical (unpaired) electrons. The van der Waals surface area contributed by atoms with E-state index in [0.29, 0.717) is 0 Å². The highest BCUT2D eigenvalue weighted by Gasteiger charge is 2.15. The van der Waals surface area contributed by atoms with E-state index in [0.717, 1.165) is 0 Å². The number of unbranched alkanes of at least 4 members (excludes halogenated alkanes) is 14. The van der Waals surface area contributed by atoms with Crippen LogP contribution in [0.25, 0.3) is 0 Å². The molecule has 0 spiro atoms. The summed E-state index contributed by atoms with van der Waals surface area (Å²) in [6, 6.07) is 0. The van der Waals surface area contributed by atoms with Crippen LogP contribution in [0, 0.1) is 0 Å². The number of aryl methyl sites for hydroxylation is 2. The van der Waals surface area contributed by atoms with Crippen LogP contribution in [-0.2, 0) is 19.5 Å². The Morgan fingerprint density at radius 1 is 0.607 bits per heavy atom. The van der Waals surface area contributed by atoms with Gasteiger partial charge in [0.2, 0.25) is 0 Å². The largest absolute Gasteiger partial charge is 0.256 e. The van der Waals surface area contributed by atoms with Crippen LogP contribution in [0.15, 0.2) is 12.4 Å². The maximum absolute atomic E-state index is 2.55. The van der Waals surface area contributed by atoms with E-state index in [1.165, 1.54) is 129 Å². The summed E-state index contributed by atoms with van der Waals surface area (Å²) in [7, 11) is 0. The summed E-state index contributed by atoms with van der Waals surface area (Å²) < 4.78 is 5.09. The first-order chi connectivity index (χ1) is 13.8. The molecular weight excluding hydrogens is 340 g/mol. The monoisotopic (exact) mass is 391 g/mol. The molecule has 1 aromatic rings. The number of aromatic nitrogens is 2. The van der Waals surface area contributed by atoms with Crippen LogP contribution in [0.5, 0.6) is 0 Å². The van der Waals surface area contributed by atoms with Gasteiger partial charge in [-0.15, -0.1) is 0 Å². The Bertz CT molecular complexity index is 449. The van der Waals surface area contributed by atoms with Crippen LogP contribution in [0.4, 0.5) is 0 Å². The molecule has 0 N–H and O–H groups in total. The number of hydrogen-bond donors (Lipinski definition) is 0. The highest BCUT2D eigenvalue weighted by Crippen LogP contribution is 2.11. The lowest BCUT2D eigenvalue weighted by atomic mass is 10.1. The normalized spacial score (nSPS) is 11.4. The van der Waals surface area contributed by atoms with E-state index in [1.54, 1.807) is 5.82 Å². The van der Waals surface area contributed by atoms with Gasteiger partial charge in [-0.3, -0.25) is 0 Å². The van der Waals surface area contributed by atoms with Crippen LogP contribution in [0.2, 0.25) is 0 Å². The van der Waals surface area contributed by atoms with Crippen molar-refractivity contribution in [2.45, 2.75) is 149 Å². The molecule has 1 heterocycles. The molecule has 0 atom stereocenters. The Morgan fingerprint density at radius 3 is 1.64 bits per heavy atom. The van der Waals surface area contributed by atoms with E-state index in [-0.39, 0.29) is 0 Å². The molecule has 164 valence electrons. The standard InChI is InChI=1S/C26H51N2/c1-4-7-9-11-13-14-15-16-18-20-23-28-25-24-27(26(28)21-6-3)22-19-17-12-10-8-5-2/h24-25H,4-23H2,1-3H3/q+1. The Hall–Kier alpha value is -0.790. The highest BCUT2D eigenvalue weighted by atomic mass is 15.1. The van der Waals surface area contributed by atoms with Gasteiger partial charge in [0.1, 0.15) is 12.4 Å². The van der Waals surface area contributed by atoms with E-state index in [2.05, 4.69) is 42.3 Å². The molecule has 1 rings (SSSR count). The van der Waals surface area contributed by atoms with Gasteiger partial charge in [0, 0.05) is 6.42 Å². The summed E-state index contributed by atoms with van der Waals surface area (Å²) in [5.74, 6) is 1.56. The molecule has 0 unspecified atom stereocenters. The minimum Gasteiger partial charge on any atom is -0.234 e. The molecule has 0 fully saturated rings. The molecule has 0 aromatic carbocycles. The Balaban J connectivity index is 2.19. The summed E-state index contributed by atoms with van der Waals surface area (Å²) in [4.78, 5) is 0. The smallest absolute Gasteiger partial charge is 0.234 e. The van der Waals surface area contributed by atoms with Crippen LogP contribution in [-0.4, -0.2) is 4.57 Å². The summed E-state index contributed by atoms with van der Waals surface area (Å²) in [5, 5.41) is 0. The lowest BCUT2D eigenvalue weighted by Crippen LogP contribution is -2.37. The second-order valence-corrected chi connectivity index (χ2v) is 8.80. The van der Waals surface area contributed by atoms with Gasteiger partial charge in [0.25, 0.3) is 5.82 Å². The molecule has 0 amide bonds. The van der Waals surface area contributed by atoms with Crippen LogP contribution in [0.3, 0.4) is 0 Å². The van der Waals surface area contributed by atoms with Crippen molar-refractivity contribution in [3.05, 3.63) is 18.2 Å². The minimum atomic E-state index is 1.21.